The fraction of sp³-hybridized carbons (Fsp3) is 0.857. The van der Waals surface area contributed by atoms with E-state index in [9.17, 15) is 13.6 Å². The van der Waals surface area contributed by atoms with Crippen LogP contribution in [0.3, 0.4) is 0 Å². The lowest BCUT2D eigenvalue weighted by atomic mass is 10.1. The number of aliphatic carboxylic acids is 1. The zero-order chi connectivity index (χ0) is 9.56. The van der Waals surface area contributed by atoms with Crippen molar-refractivity contribution in [2.45, 2.75) is 37.9 Å². The number of hydrogen-bond acceptors (Lipinski definition) is 3. The van der Waals surface area contributed by atoms with Crippen molar-refractivity contribution in [3.63, 3.8) is 0 Å². The van der Waals surface area contributed by atoms with Crippen molar-refractivity contribution in [2.24, 2.45) is 0 Å². The first-order valence-corrected chi connectivity index (χ1v) is 5.01. The molecular formula is C7H13O4S-. The SMILES string of the molecule is CCCCC(CC(=O)O)S(=O)[O-]. The maximum absolute atomic E-state index is 10.5. The molecule has 0 radical (unpaired) electrons. The summed E-state index contributed by atoms with van der Waals surface area (Å²) in [6, 6.07) is 0. The highest BCUT2D eigenvalue weighted by Crippen LogP contribution is 2.09. The van der Waals surface area contributed by atoms with Crippen LogP contribution in [0.4, 0.5) is 0 Å². The zero-order valence-electron chi connectivity index (χ0n) is 6.99. The van der Waals surface area contributed by atoms with Gasteiger partial charge in [0.15, 0.2) is 0 Å². The Kier molecular flexibility index (Phi) is 5.92. The van der Waals surface area contributed by atoms with Crippen molar-refractivity contribution in [2.75, 3.05) is 0 Å². The topological polar surface area (TPSA) is 77.4 Å². The molecule has 0 aliphatic rings. The van der Waals surface area contributed by atoms with Crippen LogP contribution < -0.4 is 0 Å². The normalized spacial score (nSPS) is 15.5. The molecule has 0 fully saturated rings. The van der Waals surface area contributed by atoms with Gasteiger partial charge in [0.2, 0.25) is 0 Å². The van der Waals surface area contributed by atoms with Crippen molar-refractivity contribution in [3.8, 4) is 0 Å². The smallest absolute Gasteiger partial charge is 0.304 e. The standard InChI is InChI=1S/C7H14O4S/c1-2-3-4-6(12(10)11)5-7(8)9/h6H,2-5H2,1H3,(H,8,9)(H,10,11)/p-1. The van der Waals surface area contributed by atoms with Crippen LogP contribution in [0.2, 0.25) is 0 Å². The Morgan fingerprint density at radius 3 is 2.58 bits per heavy atom. The lowest BCUT2D eigenvalue weighted by Crippen LogP contribution is -2.18. The fourth-order valence-electron chi connectivity index (χ4n) is 0.893. The molecule has 0 rings (SSSR count). The minimum absolute atomic E-state index is 0.282. The first-order valence-electron chi connectivity index (χ1n) is 3.87. The molecule has 2 atom stereocenters. The van der Waals surface area contributed by atoms with Gasteiger partial charge in [-0.25, -0.2) is 0 Å². The summed E-state index contributed by atoms with van der Waals surface area (Å²) in [5, 5.41) is 7.64. The summed E-state index contributed by atoms with van der Waals surface area (Å²) in [4.78, 5) is 10.2. The molecule has 0 aromatic heterocycles. The van der Waals surface area contributed by atoms with Crippen molar-refractivity contribution in [1.82, 2.24) is 0 Å². The second-order valence-corrected chi connectivity index (χ2v) is 3.81. The number of carboxylic acids is 1. The Labute approximate surface area is 74.3 Å². The lowest BCUT2D eigenvalue weighted by Gasteiger charge is -2.16. The quantitative estimate of drug-likeness (QED) is 0.636. The first-order chi connectivity index (χ1) is 5.57. The minimum atomic E-state index is -2.26. The van der Waals surface area contributed by atoms with Crippen molar-refractivity contribution in [3.05, 3.63) is 0 Å². The van der Waals surface area contributed by atoms with E-state index in [0.717, 1.165) is 12.8 Å². The summed E-state index contributed by atoms with van der Waals surface area (Å²) >= 11 is -2.26. The van der Waals surface area contributed by atoms with Crippen LogP contribution in [0.5, 0.6) is 0 Å². The molecule has 0 heterocycles. The average Bonchev–Trinajstić information content (AvgIpc) is 1.96. The molecule has 12 heavy (non-hydrogen) atoms. The number of unbranched alkanes of at least 4 members (excludes halogenated alkanes) is 1. The molecule has 1 N–H and O–H groups in total. The summed E-state index contributed by atoms with van der Waals surface area (Å²) in [5.74, 6) is -1.06. The Bertz CT molecular complexity index is 169. The third-order valence-corrected chi connectivity index (χ3v) is 2.50. The first kappa shape index (κ1) is 11.6. The molecule has 0 saturated heterocycles. The van der Waals surface area contributed by atoms with Gasteiger partial charge in [0.1, 0.15) is 0 Å². The van der Waals surface area contributed by atoms with Gasteiger partial charge in [-0.05, 0) is 6.42 Å². The Morgan fingerprint density at radius 2 is 2.25 bits per heavy atom. The highest BCUT2D eigenvalue weighted by molar-refractivity contribution is 7.79. The molecule has 0 saturated carbocycles. The highest BCUT2D eigenvalue weighted by Gasteiger charge is 2.12. The number of hydrogen-bond donors (Lipinski definition) is 1. The Balaban J connectivity index is 3.87. The van der Waals surface area contributed by atoms with E-state index in [0.29, 0.717) is 6.42 Å². The molecule has 0 amide bonds. The fourth-order valence-corrected chi connectivity index (χ4v) is 1.53. The zero-order valence-corrected chi connectivity index (χ0v) is 7.80. The second-order valence-electron chi connectivity index (χ2n) is 2.62. The van der Waals surface area contributed by atoms with Crippen LogP contribution in [0, 0.1) is 0 Å². The molecule has 4 nitrogen and oxygen atoms in total. The molecule has 0 aromatic carbocycles. The van der Waals surface area contributed by atoms with E-state index in [1.54, 1.807) is 0 Å². The van der Waals surface area contributed by atoms with Crippen LogP contribution in [0.1, 0.15) is 32.6 Å². The molecule has 5 heteroatoms. The van der Waals surface area contributed by atoms with Gasteiger partial charge in [0, 0.05) is 5.25 Å². The van der Waals surface area contributed by atoms with Gasteiger partial charge in [-0.1, -0.05) is 30.8 Å². The number of rotatable bonds is 6. The van der Waals surface area contributed by atoms with Crippen LogP contribution in [-0.4, -0.2) is 25.1 Å². The van der Waals surface area contributed by atoms with Crippen molar-refractivity contribution in [1.29, 1.82) is 0 Å². The molecular weight excluding hydrogens is 180 g/mol. The third kappa shape index (κ3) is 5.26. The van der Waals surface area contributed by atoms with E-state index >= 15 is 0 Å². The molecule has 72 valence electrons. The second kappa shape index (κ2) is 6.14. The van der Waals surface area contributed by atoms with Crippen LogP contribution in [-0.2, 0) is 15.9 Å². The highest BCUT2D eigenvalue weighted by atomic mass is 32.2. The van der Waals surface area contributed by atoms with E-state index in [1.807, 2.05) is 6.92 Å². The molecule has 0 aromatic rings. The summed E-state index contributed by atoms with van der Waals surface area (Å²) in [7, 11) is 0. The maximum atomic E-state index is 10.5. The van der Waals surface area contributed by atoms with Crippen LogP contribution >= 0.6 is 0 Å². The molecule has 2 unspecified atom stereocenters. The van der Waals surface area contributed by atoms with Gasteiger partial charge in [-0.15, -0.1) is 0 Å². The minimum Gasteiger partial charge on any atom is -0.772 e. The summed E-state index contributed by atoms with van der Waals surface area (Å²) in [5.41, 5.74) is 0. The van der Waals surface area contributed by atoms with Gasteiger partial charge < -0.3 is 9.66 Å². The van der Waals surface area contributed by atoms with E-state index in [1.165, 1.54) is 0 Å². The van der Waals surface area contributed by atoms with Crippen molar-refractivity contribution >= 4 is 17.0 Å². The molecule has 0 spiro atoms. The number of carboxylic acid groups (broad SMARTS) is 1. The molecule has 0 aliphatic carbocycles. The van der Waals surface area contributed by atoms with Gasteiger partial charge >= 0.3 is 5.97 Å². The van der Waals surface area contributed by atoms with E-state index in [2.05, 4.69) is 0 Å². The predicted octanol–water partition coefficient (Wildman–Crippen LogP) is 0.899. The largest absolute Gasteiger partial charge is 0.772 e. The monoisotopic (exact) mass is 193 g/mol. The predicted molar refractivity (Wildman–Crippen MR) is 44.5 cm³/mol. The van der Waals surface area contributed by atoms with Gasteiger partial charge in [0.05, 0.1) is 6.42 Å². The third-order valence-electron chi connectivity index (χ3n) is 1.55. The van der Waals surface area contributed by atoms with Crippen LogP contribution in [0.15, 0.2) is 0 Å². The molecule has 0 bridgehead atoms. The summed E-state index contributed by atoms with van der Waals surface area (Å²) in [6.07, 6.45) is 1.80. The average molecular weight is 193 g/mol. The Hall–Kier alpha value is -0.420. The summed E-state index contributed by atoms with van der Waals surface area (Å²) < 4.78 is 21.0. The van der Waals surface area contributed by atoms with Gasteiger partial charge in [-0.3, -0.25) is 9.00 Å². The maximum Gasteiger partial charge on any atom is 0.304 e. The lowest BCUT2D eigenvalue weighted by molar-refractivity contribution is -0.137. The van der Waals surface area contributed by atoms with Gasteiger partial charge in [0.25, 0.3) is 0 Å². The van der Waals surface area contributed by atoms with Crippen LogP contribution in [0.25, 0.3) is 0 Å². The van der Waals surface area contributed by atoms with E-state index < -0.39 is 22.3 Å². The van der Waals surface area contributed by atoms with E-state index in [-0.39, 0.29) is 6.42 Å². The number of carbonyl (C=O) groups is 1. The molecule has 0 aliphatic heterocycles. The van der Waals surface area contributed by atoms with E-state index in [4.69, 9.17) is 5.11 Å². The van der Waals surface area contributed by atoms with Gasteiger partial charge in [-0.2, -0.15) is 0 Å². The Morgan fingerprint density at radius 1 is 1.67 bits per heavy atom. The summed E-state index contributed by atoms with van der Waals surface area (Å²) in [6.45, 7) is 1.94. The van der Waals surface area contributed by atoms with Crippen molar-refractivity contribution < 1.29 is 18.7 Å².